The summed E-state index contributed by atoms with van der Waals surface area (Å²) in [6, 6.07) is 15.4. The lowest BCUT2D eigenvalue weighted by Gasteiger charge is -2.16. The van der Waals surface area contributed by atoms with Crippen LogP contribution in [0.5, 0.6) is 0 Å². The molecule has 0 spiro atoms. The molecule has 2 aromatic carbocycles. The fourth-order valence-corrected chi connectivity index (χ4v) is 3.07. The number of nitrogens with one attached hydrogen (secondary N) is 2. The van der Waals surface area contributed by atoms with Crippen molar-refractivity contribution in [2.24, 2.45) is 5.92 Å². The van der Waals surface area contributed by atoms with Crippen LogP contribution in [0.15, 0.2) is 54.6 Å². The lowest BCUT2D eigenvalue weighted by molar-refractivity contribution is -0.129. The van der Waals surface area contributed by atoms with E-state index in [4.69, 9.17) is 0 Å². The Morgan fingerprint density at radius 3 is 2.31 bits per heavy atom. The molecule has 1 unspecified atom stereocenters. The molecule has 1 heterocycles. The Kier molecular flexibility index (Phi) is 6.23. The summed E-state index contributed by atoms with van der Waals surface area (Å²) in [6.07, 6.45) is 0.0996. The van der Waals surface area contributed by atoms with E-state index in [0.29, 0.717) is 18.7 Å². The maximum absolute atomic E-state index is 12.3. The molecule has 1 atom stereocenters. The number of likely N-dealkylation sites (tertiary alicyclic amines) is 1. The minimum atomic E-state index is -0.534. The van der Waals surface area contributed by atoms with Crippen LogP contribution in [0.3, 0.4) is 0 Å². The zero-order chi connectivity index (χ0) is 20.8. The highest BCUT2D eigenvalue weighted by Gasteiger charge is 2.34. The van der Waals surface area contributed by atoms with E-state index in [0.717, 1.165) is 5.56 Å². The molecule has 1 fully saturated rings. The number of amides is 3. The highest BCUT2D eigenvalue weighted by atomic mass is 16.5. The van der Waals surface area contributed by atoms with Crippen molar-refractivity contribution < 1.29 is 23.9 Å². The Hall–Kier alpha value is -3.68. The van der Waals surface area contributed by atoms with E-state index in [2.05, 4.69) is 15.6 Å². The molecule has 0 aliphatic carbocycles. The molecule has 0 aromatic heterocycles. The van der Waals surface area contributed by atoms with E-state index in [1.807, 2.05) is 30.3 Å². The van der Waals surface area contributed by atoms with Crippen molar-refractivity contribution in [3.8, 4) is 0 Å². The van der Waals surface area contributed by atoms with Crippen molar-refractivity contribution in [1.29, 1.82) is 0 Å². The second-order valence-corrected chi connectivity index (χ2v) is 6.67. The van der Waals surface area contributed by atoms with Gasteiger partial charge in [-0.3, -0.25) is 25.2 Å². The average Bonchev–Trinajstić information content (AvgIpc) is 3.12. The molecule has 0 saturated carbocycles. The van der Waals surface area contributed by atoms with Crippen molar-refractivity contribution in [3.63, 3.8) is 0 Å². The summed E-state index contributed by atoms with van der Waals surface area (Å²) < 4.78 is 4.60. The number of nitrogens with zero attached hydrogens (tertiary/aromatic N) is 1. The summed E-state index contributed by atoms with van der Waals surface area (Å²) >= 11 is 0. The first-order valence-corrected chi connectivity index (χ1v) is 9.08. The summed E-state index contributed by atoms with van der Waals surface area (Å²) in [5.41, 5.74) is 6.28. The first kappa shape index (κ1) is 20.1. The maximum atomic E-state index is 12.3. The minimum Gasteiger partial charge on any atom is -0.465 e. The monoisotopic (exact) mass is 395 g/mol. The lowest BCUT2D eigenvalue weighted by atomic mass is 10.1. The maximum Gasteiger partial charge on any atom is 0.337 e. The lowest BCUT2D eigenvalue weighted by Crippen LogP contribution is -2.45. The Balaban J connectivity index is 1.51. The van der Waals surface area contributed by atoms with Gasteiger partial charge in [-0.05, 0) is 29.8 Å². The molecule has 2 N–H and O–H groups in total. The van der Waals surface area contributed by atoms with Gasteiger partial charge in [0.1, 0.15) is 0 Å². The number of benzene rings is 2. The Morgan fingerprint density at radius 1 is 1.00 bits per heavy atom. The van der Waals surface area contributed by atoms with E-state index in [-0.39, 0.29) is 17.9 Å². The van der Waals surface area contributed by atoms with Crippen LogP contribution in [0.2, 0.25) is 0 Å². The quantitative estimate of drug-likeness (QED) is 0.586. The van der Waals surface area contributed by atoms with Gasteiger partial charge in [-0.2, -0.15) is 0 Å². The number of carbonyl (C=O) groups excluding carboxylic acids is 4. The van der Waals surface area contributed by atoms with Crippen molar-refractivity contribution in [3.05, 3.63) is 71.3 Å². The van der Waals surface area contributed by atoms with Crippen LogP contribution in [0.1, 0.15) is 32.7 Å². The number of rotatable bonds is 5. The molecule has 1 aliphatic heterocycles. The van der Waals surface area contributed by atoms with Crippen molar-refractivity contribution in [2.75, 3.05) is 13.7 Å². The Labute approximate surface area is 167 Å². The van der Waals surface area contributed by atoms with Crippen LogP contribution in [-0.4, -0.2) is 42.2 Å². The van der Waals surface area contributed by atoms with E-state index < -0.39 is 23.7 Å². The zero-order valence-corrected chi connectivity index (χ0v) is 15.9. The number of hydrazine groups is 1. The van der Waals surface area contributed by atoms with Gasteiger partial charge in [0.2, 0.25) is 11.8 Å². The van der Waals surface area contributed by atoms with Crippen molar-refractivity contribution in [2.45, 2.75) is 13.0 Å². The van der Waals surface area contributed by atoms with E-state index in [9.17, 15) is 19.2 Å². The predicted molar refractivity (Wildman–Crippen MR) is 103 cm³/mol. The molecule has 1 saturated heterocycles. The van der Waals surface area contributed by atoms with Gasteiger partial charge in [0.15, 0.2) is 0 Å². The number of carbonyl (C=O) groups is 4. The molecule has 0 radical (unpaired) electrons. The molecule has 0 bridgehead atoms. The third-order valence-electron chi connectivity index (χ3n) is 4.67. The minimum absolute atomic E-state index is 0.0984. The van der Waals surface area contributed by atoms with Crippen LogP contribution >= 0.6 is 0 Å². The summed E-state index contributed by atoms with van der Waals surface area (Å²) in [7, 11) is 1.27. The van der Waals surface area contributed by atoms with Gasteiger partial charge in [-0.1, -0.05) is 30.3 Å². The number of methoxy groups -OCH3 is 1. The molecule has 3 rings (SSSR count). The normalized spacial score (nSPS) is 15.7. The highest BCUT2D eigenvalue weighted by molar-refractivity contribution is 5.97. The molecule has 8 heteroatoms. The zero-order valence-electron chi connectivity index (χ0n) is 15.9. The van der Waals surface area contributed by atoms with Crippen LogP contribution in [-0.2, 0) is 20.9 Å². The topological polar surface area (TPSA) is 105 Å². The van der Waals surface area contributed by atoms with E-state index in [1.54, 1.807) is 4.90 Å². The molecule has 29 heavy (non-hydrogen) atoms. The van der Waals surface area contributed by atoms with Gasteiger partial charge in [-0.25, -0.2) is 4.79 Å². The Bertz CT molecular complexity index is 912. The molecule has 2 aromatic rings. The third-order valence-corrected chi connectivity index (χ3v) is 4.67. The van der Waals surface area contributed by atoms with Crippen LogP contribution in [0, 0.1) is 5.92 Å². The Morgan fingerprint density at radius 2 is 1.66 bits per heavy atom. The number of ether oxygens (including phenoxy) is 1. The largest absolute Gasteiger partial charge is 0.465 e. The standard InChI is InChI=1S/C21H21N3O5/c1-29-21(28)16-9-7-15(8-10-16)19(26)22-23-20(27)17-11-18(25)24(13-17)12-14-5-3-2-4-6-14/h2-10,17H,11-13H2,1H3,(H,22,26)(H,23,27). The SMILES string of the molecule is COC(=O)c1ccc(C(=O)NNC(=O)C2CC(=O)N(Cc3ccccc3)C2)cc1. The molecular formula is C21H21N3O5. The number of hydrogen-bond acceptors (Lipinski definition) is 5. The first-order valence-electron chi connectivity index (χ1n) is 9.08. The second kappa shape index (κ2) is 9.01. The van der Waals surface area contributed by atoms with E-state index >= 15 is 0 Å². The van der Waals surface area contributed by atoms with Crippen molar-refractivity contribution >= 4 is 23.7 Å². The predicted octanol–water partition coefficient (Wildman–Crippen LogP) is 1.28. The molecule has 1 aliphatic rings. The van der Waals surface area contributed by atoms with Gasteiger partial charge in [0, 0.05) is 25.1 Å². The van der Waals surface area contributed by atoms with Crippen LogP contribution in [0.25, 0.3) is 0 Å². The van der Waals surface area contributed by atoms with Crippen LogP contribution < -0.4 is 10.9 Å². The van der Waals surface area contributed by atoms with Gasteiger partial charge in [0.25, 0.3) is 5.91 Å². The summed E-state index contributed by atoms with van der Waals surface area (Å²) in [6.45, 7) is 0.742. The van der Waals surface area contributed by atoms with Crippen molar-refractivity contribution in [1.82, 2.24) is 15.8 Å². The average molecular weight is 395 g/mol. The number of esters is 1. The van der Waals surface area contributed by atoms with Gasteiger partial charge < -0.3 is 9.64 Å². The number of hydrogen-bond donors (Lipinski definition) is 2. The fourth-order valence-electron chi connectivity index (χ4n) is 3.07. The smallest absolute Gasteiger partial charge is 0.337 e. The molecular weight excluding hydrogens is 374 g/mol. The fraction of sp³-hybridized carbons (Fsp3) is 0.238. The summed E-state index contributed by atoms with van der Waals surface area (Å²) in [5, 5.41) is 0. The molecule has 8 nitrogen and oxygen atoms in total. The van der Waals surface area contributed by atoms with Gasteiger partial charge in [-0.15, -0.1) is 0 Å². The van der Waals surface area contributed by atoms with Gasteiger partial charge >= 0.3 is 5.97 Å². The third kappa shape index (κ3) is 4.98. The van der Waals surface area contributed by atoms with E-state index in [1.165, 1.54) is 31.4 Å². The molecule has 3 amide bonds. The highest BCUT2D eigenvalue weighted by Crippen LogP contribution is 2.20. The first-order chi connectivity index (χ1) is 14.0. The van der Waals surface area contributed by atoms with Crippen LogP contribution in [0.4, 0.5) is 0 Å². The summed E-state index contributed by atoms with van der Waals surface area (Å²) in [4.78, 5) is 49.7. The molecule has 150 valence electrons. The summed E-state index contributed by atoms with van der Waals surface area (Å²) in [5.74, 6) is -2.09. The van der Waals surface area contributed by atoms with Gasteiger partial charge in [0.05, 0.1) is 18.6 Å². The second-order valence-electron chi connectivity index (χ2n) is 6.67.